The van der Waals surface area contributed by atoms with E-state index < -0.39 is 0 Å². The summed E-state index contributed by atoms with van der Waals surface area (Å²) in [5, 5.41) is 6.26. The Hall–Kier alpha value is -1.55. The SMILES string of the molecule is C[C@H]([NH2+]CC(=O)NCc1cccc(Cl)c1)c1cccc(Cl)c1. The Balaban J connectivity index is 1.78. The smallest absolute Gasteiger partial charge is 0.275 e. The van der Waals surface area contributed by atoms with Crippen molar-refractivity contribution in [3.63, 3.8) is 0 Å². The van der Waals surface area contributed by atoms with E-state index >= 15 is 0 Å². The summed E-state index contributed by atoms with van der Waals surface area (Å²) in [6, 6.07) is 15.3. The number of benzene rings is 2. The molecule has 1 amide bonds. The molecule has 0 bridgehead atoms. The molecule has 5 heteroatoms. The maximum atomic E-state index is 11.9. The number of amides is 1. The van der Waals surface area contributed by atoms with Crippen molar-refractivity contribution in [2.45, 2.75) is 19.5 Å². The number of halogens is 2. The van der Waals surface area contributed by atoms with Crippen LogP contribution in [0.1, 0.15) is 24.1 Å². The maximum absolute atomic E-state index is 11.9. The second kappa shape index (κ2) is 8.18. The van der Waals surface area contributed by atoms with Gasteiger partial charge in [0.15, 0.2) is 6.54 Å². The zero-order valence-electron chi connectivity index (χ0n) is 12.4. The van der Waals surface area contributed by atoms with Gasteiger partial charge in [-0.25, -0.2) is 0 Å². The van der Waals surface area contributed by atoms with Crippen molar-refractivity contribution in [3.8, 4) is 0 Å². The van der Waals surface area contributed by atoms with Crippen molar-refractivity contribution in [1.82, 2.24) is 5.32 Å². The lowest BCUT2D eigenvalue weighted by atomic mass is 10.1. The summed E-state index contributed by atoms with van der Waals surface area (Å²) in [5.74, 6) is -0.00569. The van der Waals surface area contributed by atoms with Gasteiger partial charge in [-0.15, -0.1) is 0 Å². The summed E-state index contributed by atoms with van der Waals surface area (Å²) in [7, 11) is 0. The van der Waals surface area contributed by atoms with E-state index in [4.69, 9.17) is 23.2 Å². The molecule has 116 valence electrons. The van der Waals surface area contributed by atoms with Crippen LogP contribution in [0.15, 0.2) is 48.5 Å². The number of quaternary nitrogens is 1. The van der Waals surface area contributed by atoms with Gasteiger partial charge in [0.2, 0.25) is 0 Å². The summed E-state index contributed by atoms with van der Waals surface area (Å²) < 4.78 is 0. The zero-order valence-corrected chi connectivity index (χ0v) is 13.9. The highest BCUT2D eigenvalue weighted by atomic mass is 35.5. The van der Waals surface area contributed by atoms with Gasteiger partial charge in [-0.05, 0) is 36.8 Å². The van der Waals surface area contributed by atoms with Crippen LogP contribution in [-0.4, -0.2) is 12.5 Å². The molecular formula is C17H19Cl2N2O+. The number of nitrogens with one attached hydrogen (secondary N) is 1. The minimum Gasteiger partial charge on any atom is -0.347 e. The third-order valence-electron chi connectivity index (χ3n) is 3.41. The monoisotopic (exact) mass is 337 g/mol. The fraction of sp³-hybridized carbons (Fsp3) is 0.235. The Morgan fingerprint density at radius 3 is 2.50 bits per heavy atom. The van der Waals surface area contributed by atoms with Gasteiger partial charge in [0.25, 0.3) is 5.91 Å². The summed E-state index contributed by atoms with van der Waals surface area (Å²) in [5.41, 5.74) is 2.10. The number of carbonyl (C=O) groups is 1. The molecule has 0 aromatic heterocycles. The van der Waals surface area contributed by atoms with Crippen LogP contribution in [0, 0.1) is 0 Å². The Morgan fingerprint density at radius 2 is 1.82 bits per heavy atom. The highest BCUT2D eigenvalue weighted by molar-refractivity contribution is 6.30. The van der Waals surface area contributed by atoms with Crippen molar-refractivity contribution in [3.05, 3.63) is 69.7 Å². The number of carbonyl (C=O) groups excluding carboxylic acids is 1. The quantitative estimate of drug-likeness (QED) is 0.836. The van der Waals surface area contributed by atoms with E-state index in [0.717, 1.165) is 11.1 Å². The Morgan fingerprint density at radius 1 is 1.14 bits per heavy atom. The third kappa shape index (κ3) is 5.34. The molecular weight excluding hydrogens is 319 g/mol. The van der Waals surface area contributed by atoms with E-state index in [9.17, 15) is 4.79 Å². The highest BCUT2D eigenvalue weighted by Gasteiger charge is 2.11. The molecule has 0 aliphatic carbocycles. The first-order valence-corrected chi connectivity index (χ1v) is 7.90. The molecule has 0 fully saturated rings. The number of hydrogen-bond donors (Lipinski definition) is 2. The molecule has 22 heavy (non-hydrogen) atoms. The van der Waals surface area contributed by atoms with E-state index in [-0.39, 0.29) is 11.9 Å². The van der Waals surface area contributed by atoms with E-state index in [1.165, 1.54) is 0 Å². The summed E-state index contributed by atoms with van der Waals surface area (Å²) >= 11 is 11.9. The van der Waals surface area contributed by atoms with Gasteiger partial charge >= 0.3 is 0 Å². The topological polar surface area (TPSA) is 45.7 Å². The van der Waals surface area contributed by atoms with Gasteiger partial charge in [0.05, 0.1) is 0 Å². The fourth-order valence-electron chi connectivity index (χ4n) is 2.13. The minimum absolute atomic E-state index is 0.00569. The van der Waals surface area contributed by atoms with Gasteiger partial charge in [-0.2, -0.15) is 0 Å². The molecule has 1 atom stereocenters. The normalized spacial score (nSPS) is 12.0. The van der Waals surface area contributed by atoms with Crippen molar-refractivity contribution in [1.29, 1.82) is 0 Å². The van der Waals surface area contributed by atoms with Gasteiger partial charge in [0.1, 0.15) is 6.04 Å². The molecule has 0 radical (unpaired) electrons. The molecule has 0 saturated carbocycles. The number of rotatable bonds is 6. The van der Waals surface area contributed by atoms with Crippen LogP contribution in [-0.2, 0) is 11.3 Å². The average molecular weight is 338 g/mol. The molecule has 0 aliphatic heterocycles. The lowest BCUT2D eigenvalue weighted by molar-refractivity contribution is -0.682. The van der Waals surface area contributed by atoms with Crippen molar-refractivity contribution in [2.24, 2.45) is 0 Å². The van der Waals surface area contributed by atoms with E-state index in [2.05, 4.69) is 12.2 Å². The van der Waals surface area contributed by atoms with Crippen LogP contribution in [0.25, 0.3) is 0 Å². The van der Waals surface area contributed by atoms with Crippen LogP contribution in [0.3, 0.4) is 0 Å². The zero-order chi connectivity index (χ0) is 15.9. The van der Waals surface area contributed by atoms with Crippen molar-refractivity contribution < 1.29 is 10.1 Å². The van der Waals surface area contributed by atoms with Crippen LogP contribution in [0.5, 0.6) is 0 Å². The molecule has 0 heterocycles. The van der Waals surface area contributed by atoms with Gasteiger partial charge in [-0.3, -0.25) is 4.79 Å². The van der Waals surface area contributed by atoms with Crippen LogP contribution in [0.4, 0.5) is 0 Å². The first-order valence-electron chi connectivity index (χ1n) is 7.14. The van der Waals surface area contributed by atoms with Crippen LogP contribution >= 0.6 is 23.2 Å². The standard InChI is InChI=1S/C17H18Cl2N2O/c1-12(14-5-3-7-16(19)9-14)20-11-17(22)21-10-13-4-2-6-15(18)8-13/h2-9,12,20H,10-11H2,1H3,(H,21,22)/p+1/t12-/m0/s1. The molecule has 3 nitrogen and oxygen atoms in total. The summed E-state index contributed by atoms with van der Waals surface area (Å²) in [6.45, 7) is 2.91. The lowest BCUT2D eigenvalue weighted by Gasteiger charge is -2.11. The largest absolute Gasteiger partial charge is 0.347 e. The predicted octanol–water partition coefficient (Wildman–Crippen LogP) is 2.93. The maximum Gasteiger partial charge on any atom is 0.275 e. The molecule has 3 N–H and O–H groups in total. The Kier molecular flexibility index (Phi) is 6.25. The fourth-order valence-corrected chi connectivity index (χ4v) is 2.54. The second-order valence-corrected chi connectivity index (χ2v) is 6.06. The van der Waals surface area contributed by atoms with E-state index in [1.54, 1.807) is 0 Å². The molecule has 0 spiro atoms. The molecule has 0 saturated heterocycles. The van der Waals surface area contributed by atoms with Gasteiger partial charge < -0.3 is 10.6 Å². The van der Waals surface area contributed by atoms with Gasteiger partial charge in [0, 0.05) is 22.2 Å². The average Bonchev–Trinajstić information content (AvgIpc) is 2.50. The second-order valence-electron chi connectivity index (χ2n) is 5.19. The summed E-state index contributed by atoms with van der Waals surface area (Å²) in [6.07, 6.45) is 0. The van der Waals surface area contributed by atoms with E-state index in [1.807, 2.05) is 53.8 Å². The van der Waals surface area contributed by atoms with Crippen molar-refractivity contribution in [2.75, 3.05) is 6.54 Å². The molecule has 2 aromatic carbocycles. The van der Waals surface area contributed by atoms with Crippen molar-refractivity contribution >= 4 is 29.1 Å². The number of nitrogens with two attached hydrogens (primary N) is 1. The van der Waals surface area contributed by atoms with E-state index in [0.29, 0.717) is 23.1 Å². The third-order valence-corrected chi connectivity index (χ3v) is 3.88. The highest BCUT2D eigenvalue weighted by Crippen LogP contribution is 2.14. The van der Waals surface area contributed by atoms with Gasteiger partial charge in [-0.1, -0.05) is 47.5 Å². The first-order chi connectivity index (χ1) is 10.5. The molecule has 0 unspecified atom stereocenters. The predicted molar refractivity (Wildman–Crippen MR) is 90.0 cm³/mol. The minimum atomic E-state index is -0.00569. The summed E-state index contributed by atoms with van der Waals surface area (Å²) in [4.78, 5) is 11.9. The Bertz CT molecular complexity index is 646. The molecule has 2 rings (SSSR count). The molecule has 0 aliphatic rings. The Labute approximate surface area is 140 Å². The van der Waals surface area contributed by atoms with Crippen LogP contribution < -0.4 is 10.6 Å². The number of hydrogen-bond acceptors (Lipinski definition) is 1. The lowest BCUT2D eigenvalue weighted by Crippen LogP contribution is -2.87. The molecule has 2 aromatic rings. The van der Waals surface area contributed by atoms with Crippen LogP contribution in [0.2, 0.25) is 10.0 Å². The first kappa shape index (κ1) is 16.8.